The van der Waals surface area contributed by atoms with Crippen molar-refractivity contribution in [1.29, 1.82) is 0 Å². The Bertz CT molecular complexity index is 726. The van der Waals surface area contributed by atoms with E-state index in [1.165, 1.54) is 37.1 Å². The summed E-state index contributed by atoms with van der Waals surface area (Å²) in [4.78, 5) is 1.63. The molecule has 0 bridgehead atoms. The molecule has 0 radical (unpaired) electrons. The second-order valence-electron chi connectivity index (χ2n) is 6.90. The summed E-state index contributed by atoms with van der Waals surface area (Å²) in [5, 5.41) is 7.39. The maximum Gasteiger partial charge on any atom is 0.171 e. The monoisotopic (exact) mass is 370 g/mol. The number of rotatable bonds is 6. The molecule has 3 N–H and O–H groups in total. The molecule has 0 spiro atoms. The van der Waals surface area contributed by atoms with Gasteiger partial charge in [0.15, 0.2) is 5.11 Å². The lowest BCUT2D eigenvalue weighted by Crippen LogP contribution is -3.11. The molecule has 2 aromatic carbocycles. The molecule has 1 aliphatic rings. The number of hydrogen-bond donors (Lipinski definition) is 3. The van der Waals surface area contributed by atoms with E-state index in [9.17, 15) is 0 Å². The molecule has 0 aromatic heterocycles. The van der Waals surface area contributed by atoms with Crippen LogP contribution in [0.3, 0.4) is 0 Å². The zero-order chi connectivity index (χ0) is 18.4. The van der Waals surface area contributed by atoms with Crippen molar-refractivity contribution in [1.82, 2.24) is 5.32 Å². The van der Waals surface area contributed by atoms with Crippen LogP contribution in [0.2, 0.25) is 0 Å². The van der Waals surface area contributed by atoms with Crippen molar-refractivity contribution in [3.05, 3.63) is 59.7 Å². The minimum Gasteiger partial charge on any atom is -0.497 e. The van der Waals surface area contributed by atoms with E-state index in [2.05, 4.69) is 41.8 Å². The van der Waals surface area contributed by atoms with Crippen LogP contribution in [-0.4, -0.2) is 31.9 Å². The van der Waals surface area contributed by atoms with Crippen LogP contribution in [0.1, 0.15) is 30.0 Å². The highest BCUT2D eigenvalue weighted by Crippen LogP contribution is 2.17. The molecule has 2 aromatic rings. The summed E-state index contributed by atoms with van der Waals surface area (Å²) >= 11 is 5.51. The molecule has 26 heavy (non-hydrogen) atoms. The Hall–Kier alpha value is -2.11. The predicted molar refractivity (Wildman–Crippen MR) is 111 cm³/mol. The summed E-state index contributed by atoms with van der Waals surface area (Å²) in [6.45, 7) is 5.34. The van der Waals surface area contributed by atoms with Crippen LogP contribution in [-0.2, 0) is 0 Å². The van der Waals surface area contributed by atoms with Crippen LogP contribution < -0.4 is 20.3 Å². The quantitative estimate of drug-likeness (QED) is 0.684. The maximum absolute atomic E-state index is 5.51. The van der Waals surface area contributed by atoms with E-state index in [1.54, 1.807) is 12.0 Å². The van der Waals surface area contributed by atoms with E-state index >= 15 is 0 Å². The van der Waals surface area contributed by atoms with Crippen molar-refractivity contribution in [3.8, 4) is 5.75 Å². The van der Waals surface area contributed by atoms with Gasteiger partial charge in [0.25, 0.3) is 0 Å². The van der Waals surface area contributed by atoms with Crippen LogP contribution in [0.25, 0.3) is 0 Å². The molecule has 0 amide bonds. The summed E-state index contributed by atoms with van der Waals surface area (Å²) in [5.41, 5.74) is 3.57. The molecule has 0 unspecified atom stereocenters. The minimum absolute atomic E-state index is 0.390. The maximum atomic E-state index is 5.51. The van der Waals surface area contributed by atoms with E-state index in [-0.39, 0.29) is 0 Å². The van der Waals surface area contributed by atoms with Crippen LogP contribution in [0.5, 0.6) is 5.75 Å². The molecule has 1 aliphatic heterocycles. The first kappa shape index (κ1) is 18.7. The number of hydrogen-bond acceptors (Lipinski definition) is 2. The molecule has 138 valence electrons. The molecule has 1 saturated heterocycles. The first-order chi connectivity index (χ1) is 12.7. The fourth-order valence-electron chi connectivity index (χ4n) is 3.60. The van der Waals surface area contributed by atoms with Gasteiger partial charge in [0.1, 0.15) is 11.8 Å². The predicted octanol–water partition coefficient (Wildman–Crippen LogP) is 2.71. The first-order valence-electron chi connectivity index (χ1n) is 9.26. The number of nitrogens with one attached hydrogen (secondary N) is 3. The average molecular weight is 371 g/mol. The summed E-state index contributed by atoms with van der Waals surface area (Å²) < 4.78 is 5.30. The molecule has 5 heteroatoms. The summed E-state index contributed by atoms with van der Waals surface area (Å²) in [6, 6.07) is 17.1. The van der Waals surface area contributed by atoms with Crippen molar-refractivity contribution in [3.63, 3.8) is 0 Å². The summed E-state index contributed by atoms with van der Waals surface area (Å²) in [6.07, 6.45) is 2.60. The fourth-order valence-corrected chi connectivity index (χ4v) is 3.81. The van der Waals surface area contributed by atoms with Crippen LogP contribution in [0.15, 0.2) is 48.5 Å². The van der Waals surface area contributed by atoms with Crippen molar-refractivity contribution in [2.45, 2.75) is 25.8 Å². The normalized spacial score (nSPS) is 15.5. The third-order valence-electron chi connectivity index (χ3n) is 5.00. The van der Waals surface area contributed by atoms with Gasteiger partial charge >= 0.3 is 0 Å². The largest absolute Gasteiger partial charge is 0.497 e. The van der Waals surface area contributed by atoms with Crippen molar-refractivity contribution in [2.75, 3.05) is 32.1 Å². The number of benzene rings is 2. The van der Waals surface area contributed by atoms with Crippen molar-refractivity contribution >= 4 is 23.0 Å². The van der Waals surface area contributed by atoms with E-state index in [1.807, 2.05) is 24.3 Å². The Morgan fingerprint density at radius 2 is 1.88 bits per heavy atom. The standard InChI is InChI=1S/C21H27N3OS/c1-16-6-5-7-18(14-16)23-21(26)22-15-20(24-12-3-4-13-24)17-8-10-19(25-2)11-9-17/h5-11,14,20H,3-4,12-13,15H2,1-2H3,(H2,22,23,26)/p+1/t20-/m1/s1. The topological polar surface area (TPSA) is 37.7 Å². The van der Waals surface area contributed by atoms with Gasteiger partial charge in [-0.05, 0) is 61.1 Å². The van der Waals surface area contributed by atoms with Gasteiger partial charge in [-0.2, -0.15) is 0 Å². The molecular formula is C21H28N3OS+. The van der Waals surface area contributed by atoms with Gasteiger partial charge in [0.05, 0.1) is 26.7 Å². The number of aryl methyl sites for hydroxylation is 1. The number of methoxy groups -OCH3 is 1. The third kappa shape index (κ3) is 4.96. The Kier molecular flexibility index (Phi) is 6.47. The van der Waals surface area contributed by atoms with Crippen LogP contribution in [0, 0.1) is 6.92 Å². The third-order valence-corrected chi connectivity index (χ3v) is 5.25. The molecule has 4 nitrogen and oxygen atoms in total. The number of quaternary nitrogens is 1. The number of thiocarbonyl (C=S) groups is 1. The molecule has 0 aliphatic carbocycles. The summed E-state index contributed by atoms with van der Waals surface area (Å²) in [7, 11) is 1.70. The van der Waals surface area contributed by atoms with Gasteiger partial charge < -0.3 is 20.3 Å². The molecule has 3 rings (SSSR count). The number of likely N-dealkylation sites (tertiary alicyclic amines) is 1. The zero-order valence-corrected chi connectivity index (χ0v) is 16.4. The van der Waals surface area contributed by atoms with Gasteiger partial charge in [-0.1, -0.05) is 12.1 Å². The summed E-state index contributed by atoms with van der Waals surface area (Å²) in [5.74, 6) is 0.897. The number of ether oxygens (including phenoxy) is 1. The highest BCUT2D eigenvalue weighted by atomic mass is 32.1. The van der Waals surface area contributed by atoms with E-state index in [0.717, 1.165) is 18.0 Å². The Morgan fingerprint density at radius 3 is 2.54 bits per heavy atom. The molecule has 0 saturated carbocycles. The molecular weight excluding hydrogens is 342 g/mol. The molecule has 1 fully saturated rings. The zero-order valence-electron chi connectivity index (χ0n) is 15.5. The SMILES string of the molecule is COc1ccc([C@@H](CNC(=S)Nc2cccc(C)c2)[NH+]2CCCC2)cc1. The Morgan fingerprint density at radius 1 is 1.15 bits per heavy atom. The lowest BCUT2D eigenvalue weighted by molar-refractivity contribution is -0.918. The average Bonchev–Trinajstić information content (AvgIpc) is 3.17. The van der Waals surface area contributed by atoms with Gasteiger partial charge in [-0.25, -0.2) is 0 Å². The second kappa shape index (κ2) is 9.01. The molecule has 1 heterocycles. The first-order valence-corrected chi connectivity index (χ1v) is 9.66. The minimum atomic E-state index is 0.390. The number of anilines is 1. The van der Waals surface area contributed by atoms with E-state index in [4.69, 9.17) is 17.0 Å². The second-order valence-corrected chi connectivity index (χ2v) is 7.30. The smallest absolute Gasteiger partial charge is 0.171 e. The lowest BCUT2D eigenvalue weighted by Gasteiger charge is -2.26. The van der Waals surface area contributed by atoms with Gasteiger partial charge in [0.2, 0.25) is 0 Å². The van der Waals surface area contributed by atoms with Crippen LogP contribution in [0.4, 0.5) is 5.69 Å². The van der Waals surface area contributed by atoms with Gasteiger partial charge in [-0.3, -0.25) is 0 Å². The van der Waals surface area contributed by atoms with Gasteiger partial charge in [-0.15, -0.1) is 0 Å². The highest BCUT2D eigenvalue weighted by Gasteiger charge is 2.27. The molecule has 1 atom stereocenters. The van der Waals surface area contributed by atoms with Gasteiger partial charge in [0, 0.05) is 24.1 Å². The van der Waals surface area contributed by atoms with E-state index in [0.29, 0.717) is 11.2 Å². The highest BCUT2D eigenvalue weighted by molar-refractivity contribution is 7.80. The Labute approximate surface area is 161 Å². The van der Waals surface area contributed by atoms with Crippen LogP contribution >= 0.6 is 12.2 Å². The van der Waals surface area contributed by atoms with E-state index < -0.39 is 0 Å². The lowest BCUT2D eigenvalue weighted by atomic mass is 10.1. The Balaban J connectivity index is 1.64. The van der Waals surface area contributed by atoms with Crippen molar-refractivity contribution in [2.24, 2.45) is 0 Å². The fraction of sp³-hybridized carbons (Fsp3) is 0.381. The van der Waals surface area contributed by atoms with Crippen molar-refractivity contribution < 1.29 is 9.64 Å².